The number of alkyl halides is 3. The average molecular weight is 303 g/mol. The fourth-order valence-electron chi connectivity index (χ4n) is 1.59. The number of carbonyl (C=O) groups is 2. The van der Waals surface area contributed by atoms with E-state index in [4.69, 9.17) is 0 Å². The van der Waals surface area contributed by atoms with Crippen molar-refractivity contribution in [2.45, 2.75) is 20.0 Å². The maximum atomic E-state index is 11.9. The van der Waals surface area contributed by atoms with Crippen LogP contribution in [0.5, 0.6) is 0 Å². The van der Waals surface area contributed by atoms with Crippen LogP contribution in [-0.2, 0) is 9.59 Å². The van der Waals surface area contributed by atoms with Crippen molar-refractivity contribution < 1.29 is 22.8 Å². The van der Waals surface area contributed by atoms with E-state index in [0.717, 1.165) is 5.56 Å². The average Bonchev–Trinajstić information content (AvgIpc) is 2.30. The van der Waals surface area contributed by atoms with Crippen LogP contribution >= 0.6 is 0 Å². The van der Waals surface area contributed by atoms with E-state index < -0.39 is 25.2 Å². The van der Waals surface area contributed by atoms with Crippen LogP contribution in [0.25, 0.3) is 0 Å². The Morgan fingerprint density at radius 3 is 2.38 bits per heavy atom. The monoisotopic (exact) mass is 303 g/mol. The first-order chi connectivity index (χ1) is 9.67. The SMILES string of the molecule is CC(=O)Nc1ccc(NC(=O)CNCC(F)(F)F)cc1C. The van der Waals surface area contributed by atoms with Gasteiger partial charge >= 0.3 is 6.18 Å². The first-order valence-corrected chi connectivity index (χ1v) is 6.13. The Morgan fingerprint density at radius 1 is 1.19 bits per heavy atom. The highest BCUT2D eigenvalue weighted by Gasteiger charge is 2.26. The molecule has 0 atom stereocenters. The minimum absolute atomic E-state index is 0.216. The van der Waals surface area contributed by atoms with Gasteiger partial charge in [0.15, 0.2) is 0 Å². The van der Waals surface area contributed by atoms with E-state index in [2.05, 4.69) is 10.6 Å². The second-order valence-corrected chi connectivity index (χ2v) is 4.48. The van der Waals surface area contributed by atoms with Gasteiger partial charge in [-0.2, -0.15) is 13.2 Å². The predicted octanol–water partition coefficient (Wildman–Crippen LogP) is 2.04. The Hall–Kier alpha value is -2.09. The van der Waals surface area contributed by atoms with Gasteiger partial charge in [-0.3, -0.25) is 9.59 Å². The number of hydrogen-bond donors (Lipinski definition) is 3. The molecule has 21 heavy (non-hydrogen) atoms. The summed E-state index contributed by atoms with van der Waals surface area (Å²) in [6, 6.07) is 4.78. The van der Waals surface area contributed by atoms with Crippen molar-refractivity contribution in [2.24, 2.45) is 0 Å². The standard InChI is InChI=1S/C13H16F3N3O2/c1-8-5-10(3-4-11(8)18-9(2)20)19-12(21)6-17-7-13(14,15)16/h3-5,17H,6-7H2,1-2H3,(H,18,20)(H,19,21). The highest BCUT2D eigenvalue weighted by Crippen LogP contribution is 2.19. The highest BCUT2D eigenvalue weighted by atomic mass is 19.4. The van der Waals surface area contributed by atoms with E-state index in [0.29, 0.717) is 11.4 Å². The molecule has 1 aromatic carbocycles. The van der Waals surface area contributed by atoms with Crippen molar-refractivity contribution in [3.63, 3.8) is 0 Å². The van der Waals surface area contributed by atoms with Crippen molar-refractivity contribution in [2.75, 3.05) is 23.7 Å². The molecule has 0 aliphatic rings. The Kier molecular flexibility index (Phi) is 5.71. The second-order valence-electron chi connectivity index (χ2n) is 4.48. The Labute approximate surface area is 119 Å². The molecule has 8 heteroatoms. The smallest absolute Gasteiger partial charge is 0.326 e. The third kappa shape index (κ3) is 6.75. The molecular weight excluding hydrogens is 287 g/mol. The number of carbonyl (C=O) groups excluding carboxylic acids is 2. The predicted molar refractivity (Wildman–Crippen MR) is 73.0 cm³/mol. The van der Waals surface area contributed by atoms with Crippen LogP contribution in [-0.4, -0.2) is 31.1 Å². The van der Waals surface area contributed by atoms with Crippen LogP contribution in [0.2, 0.25) is 0 Å². The summed E-state index contributed by atoms with van der Waals surface area (Å²) in [5, 5.41) is 7.09. The Bertz CT molecular complexity index is 530. The third-order valence-corrected chi connectivity index (χ3v) is 2.43. The zero-order valence-corrected chi connectivity index (χ0v) is 11.6. The number of benzene rings is 1. The fourth-order valence-corrected chi connectivity index (χ4v) is 1.59. The van der Waals surface area contributed by atoms with E-state index in [9.17, 15) is 22.8 Å². The number of aryl methyl sites for hydroxylation is 1. The van der Waals surface area contributed by atoms with E-state index in [1.807, 2.05) is 5.32 Å². The molecule has 1 aromatic rings. The second kappa shape index (κ2) is 7.07. The Morgan fingerprint density at radius 2 is 1.86 bits per heavy atom. The molecular formula is C13H16F3N3O2. The zero-order chi connectivity index (χ0) is 16.0. The first-order valence-electron chi connectivity index (χ1n) is 6.13. The van der Waals surface area contributed by atoms with Gasteiger partial charge < -0.3 is 16.0 Å². The number of halogens is 3. The van der Waals surface area contributed by atoms with Gasteiger partial charge in [0, 0.05) is 18.3 Å². The number of rotatable bonds is 5. The van der Waals surface area contributed by atoms with Crippen LogP contribution in [0.3, 0.4) is 0 Å². The summed E-state index contributed by atoms with van der Waals surface area (Å²) in [6.07, 6.45) is -4.35. The van der Waals surface area contributed by atoms with E-state index in [1.54, 1.807) is 25.1 Å². The topological polar surface area (TPSA) is 70.2 Å². The molecule has 1 rings (SSSR count). The lowest BCUT2D eigenvalue weighted by Crippen LogP contribution is -2.35. The van der Waals surface area contributed by atoms with Crippen LogP contribution in [0, 0.1) is 6.92 Å². The van der Waals surface area contributed by atoms with Crippen LogP contribution < -0.4 is 16.0 Å². The molecule has 0 saturated heterocycles. The maximum absolute atomic E-state index is 11.9. The lowest BCUT2D eigenvalue weighted by Gasteiger charge is -2.11. The lowest BCUT2D eigenvalue weighted by atomic mass is 10.1. The van der Waals surface area contributed by atoms with Gasteiger partial charge in [-0.15, -0.1) is 0 Å². The molecule has 0 heterocycles. The first kappa shape index (κ1) is 17.0. The van der Waals surface area contributed by atoms with Crippen molar-refractivity contribution in [3.05, 3.63) is 23.8 Å². The van der Waals surface area contributed by atoms with E-state index >= 15 is 0 Å². The highest BCUT2D eigenvalue weighted by molar-refractivity contribution is 5.93. The third-order valence-electron chi connectivity index (χ3n) is 2.43. The largest absolute Gasteiger partial charge is 0.401 e. The summed E-state index contributed by atoms with van der Waals surface area (Å²) < 4.78 is 35.7. The quantitative estimate of drug-likeness (QED) is 0.779. The summed E-state index contributed by atoms with van der Waals surface area (Å²) >= 11 is 0. The molecule has 0 unspecified atom stereocenters. The lowest BCUT2D eigenvalue weighted by molar-refractivity contribution is -0.127. The van der Waals surface area contributed by atoms with Gasteiger partial charge in [-0.05, 0) is 30.7 Å². The van der Waals surface area contributed by atoms with Crippen molar-refractivity contribution >= 4 is 23.2 Å². The molecule has 0 aliphatic carbocycles. The maximum Gasteiger partial charge on any atom is 0.401 e. The molecule has 0 saturated carbocycles. The van der Waals surface area contributed by atoms with Crippen molar-refractivity contribution in [3.8, 4) is 0 Å². The number of anilines is 2. The van der Waals surface area contributed by atoms with Gasteiger partial charge in [-0.1, -0.05) is 0 Å². The normalized spacial score (nSPS) is 11.1. The van der Waals surface area contributed by atoms with E-state index in [-0.39, 0.29) is 5.91 Å². The van der Waals surface area contributed by atoms with Crippen LogP contribution in [0.15, 0.2) is 18.2 Å². The van der Waals surface area contributed by atoms with Gasteiger partial charge in [-0.25, -0.2) is 0 Å². The Balaban J connectivity index is 2.53. The molecule has 116 valence electrons. The van der Waals surface area contributed by atoms with Gasteiger partial charge in [0.1, 0.15) is 0 Å². The van der Waals surface area contributed by atoms with Crippen molar-refractivity contribution in [1.29, 1.82) is 0 Å². The summed E-state index contributed by atoms with van der Waals surface area (Å²) in [5.41, 5.74) is 1.78. The van der Waals surface area contributed by atoms with Gasteiger partial charge in [0.25, 0.3) is 0 Å². The summed E-state index contributed by atoms with van der Waals surface area (Å²) in [5.74, 6) is -0.794. The molecule has 3 N–H and O–H groups in total. The van der Waals surface area contributed by atoms with E-state index in [1.165, 1.54) is 6.92 Å². The molecule has 0 aromatic heterocycles. The minimum atomic E-state index is -4.35. The number of amides is 2. The van der Waals surface area contributed by atoms with Gasteiger partial charge in [0.05, 0.1) is 13.1 Å². The molecule has 0 bridgehead atoms. The van der Waals surface area contributed by atoms with Crippen LogP contribution in [0.1, 0.15) is 12.5 Å². The molecule has 2 amide bonds. The minimum Gasteiger partial charge on any atom is -0.326 e. The number of nitrogens with one attached hydrogen (secondary N) is 3. The fraction of sp³-hybridized carbons (Fsp3) is 0.385. The zero-order valence-electron chi connectivity index (χ0n) is 11.6. The molecule has 5 nitrogen and oxygen atoms in total. The summed E-state index contributed by atoms with van der Waals surface area (Å²) in [6.45, 7) is 1.46. The summed E-state index contributed by atoms with van der Waals surface area (Å²) in [4.78, 5) is 22.4. The summed E-state index contributed by atoms with van der Waals surface area (Å²) in [7, 11) is 0. The molecule has 0 fully saturated rings. The van der Waals surface area contributed by atoms with Crippen molar-refractivity contribution in [1.82, 2.24) is 5.32 Å². The molecule has 0 spiro atoms. The van der Waals surface area contributed by atoms with Crippen LogP contribution in [0.4, 0.5) is 24.5 Å². The number of hydrogen-bond acceptors (Lipinski definition) is 3. The molecule has 0 radical (unpaired) electrons. The molecule has 0 aliphatic heterocycles. The van der Waals surface area contributed by atoms with Gasteiger partial charge in [0.2, 0.25) is 11.8 Å².